The standard InChI is InChI=1S/C12H13NO4S2/c1-17-11-4-2-3-10(6-11)13-19(15,16)12-5-9(7-14)8-18-12/h2-6,8,13-14H,7H2,1H3. The zero-order valence-corrected chi connectivity index (χ0v) is 11.8. The normalized spacial score (nSPS) is 11.3. The van der Waals surface area contributed by atoms with Gasteiger partial charge in [-0.3, -0.25) is 4.72 Å². The number of aliphatic hydroxyl groups is 1. The van der Waals surface area contributed by atoms with E-state index in [4.69, 9.17) is 9.84 Å². The number of ether oxygens (including phenoxy) is 1. The molecule has 0 bridgehead atoms. The molecule has 1 aromatic carbocycles. The molecular weight excluding hydrogens is 286 g/mol. The lowest BCUT2D eigenvalue weighted by Gasteiger charge is -2.07. The molecule has 0 aliphatic carbocycles. The molecule has 0 saturated heterocycles. The number of hydrogen-bond donors (Lipinski definition) is 2. The fraction of sp³-hybridized carbons (Fsp3) is 0.167. The second-order valence-electron chi connectivity index (χ2n) is 3.77. The van der Waals surface area contributed by atoms with Gasteiger partial charge < -0.3 is 9.84 Å². The van der Waals surface area contributed by atoms with E-state index in [0.717, 1.165) is 11.3 Å². The number of nitrogens with one attached hydrogen (secondary N) is 1. The zero-order chi connectivity index (χ0) is 13.9. The second kappa shape index (κ2) is 5.60. The highest BCUT2D eigenvalue weighted by Crippen LogP contribution is 2.24. The van der Waals surface area contributed by atoms with Gasteiger partial charge in [0.2, 0.25) is 0 Å². The van der Waals surface area contributed by atoms with Gasteiger partial charge in [-0.25, -0.2) is 8.42 Å². The van der Waals surface area contributed by atoms with Crippen molar-refractivity contribution >= 4 is 27.0 Å². The summed E-state index contributed by atoms with van der Waals surface area (Å²) in [6, 6.07) is 8.11. The Morgan fingerprint density at radius 2 is 2.16 bits per heavy atom. The van der Waals surface area contributed by atoms with Crippen molar-refractivity contribution in [3.05, 3.63) is 41.3 Å². The Labute approximate surface area is 115 Å². The molecule has 5 nitrogen and oxygen atoms in total. The molecule has 0 spiro atoms. The number of thiophene rings is 1. The van der Waals surface area contributed by atoms with Gasteiger partial charge in [0.25, 0.3) is 10.0 Å². The van der Waals surface area contributed by atoms with Crippen LogP contribution in [0, 0.1) is 0 Å². The predicted octanol–water partition coefficient (Wildman–Crippen LogP) is 2.05. The molecule has 2 aromatic rings. The lowest BCUT2D eigenvalue weighted by molar-refractivity contribution is 0.282. The highest BCUT2D eigenvalue weighted by atomic mass is 32.2. The van der Waals surface area contributed by atoms with Crippen LogP contribution in [0.4, 0.5) is 5.69 Å². The highest BCUT2D eigenvalue weighted by Gasteiger charge is 2.17. The van der Waals surface area contributed by atoms with Gasteiger partial charge in [-0.15, -0.1) is 11.3 Å². The molecule has 0 amide bonds. The monoisotopic (exact) mass is 299 g/mol. The summed E-state index contributed by atoms with van der Waals surface area (Å²) in [5.41, 5.74) is 1.01. The Hall–Kier alpha value is -1.57. The minimum atomic E-state index is -3.63. The first-order valence-electron chi connectivity index (χ1n) is 5.40. The lowest BCUT2D eigenvalue weighted by Crippen LogP contribution is -2.11. The SMILES string of the molecule is COc1cccc(NS(=O)(=O)c2cc(CO)cs2)c1. The van der Waals surface area contributed by atoms with E-state index < -0.39 is 10.0 Å². The highest BCUT2D eigenvalue weighted by molar-refractivity contribution is 7.94. The first kappa shape index (κ1) is 13.9. The number of methoxy groups -OCH3 is 1. The number of rotatable bonds is 5. The fourth-order valence-corrected chi connectivity index (χ4v) is 3.72. The van der Waals surface area contributed by atoms with Crippen LogP contribution in [-0.4, -0.2) is 20.6 Å². The molecule has 7 heteroatoms. The van der Waals surface area contributed by atoms with Crippen molar-refractivity contribution < 1.29 is 18.3 Å². The number of sulfonamides is 1. The summed E-state index contributed by atoms with van der Waals surface area (Å²) < 4.78 is 31.9. The molecule has 0 fully saturated rings. The summed E-state index contributed by atoms with van der Waals surface area (Å²) in [4.78, 5) is 0. The fourth-order valence-electron chi connectivity index (χ4n) is 1.47. The quantitative estimate of drug-likeness (QED) is 0.886. The summed E-state index contributed by atoms with van der Waals surface area (Å²) in [5, 5.41) is 10.6. The Bertz CT molecular complexity index is 664. The Morgan fingerprint density at radius 1 is 1.37 bits per heavy atom. The summed E-state index contributed by atoms with van der Waals surface area (Å²) in [5.74, 6) is 0.572. The van der Waals surface area contributed by atoms with Crippen molar-refractivity contribution in [1.29, 1.82) is 0 Å². The summed E-state index contributed by atoms with van der Waals surface area (Å²) in [7, 11) is -2.11. The van der Waals surface area contributed by atoms with Gasteiger partial charge in [0.05, 0.1) is 19.4 Å². The molecule has 2 rings (SSSR count). The third kappa shape index (κ3) is 3.25. The molecule has 1 heterocycles. The number of aliphatic hydroxyl groups excluding tert-OH is 1. The smallest absolute Gasteiger partial charge is 0.271 e. The Morgan fingerprint density at radius 3 is 2.79 bits per heavy atom. The number of anilines is 1. The van der Waals surface area contributed by atoms with Crippen molar-refractivity contribution in [2.24, 2.45) is 0 Å². The Balaban J connectivity index is 2.25. The molecule has 0 atom stereocenters. The number of hydrogen-bond acceptors (Lipinski definition) is 5. The topological polar surface area (TPSA) is 75.6 Å². The van der Waals surface area contributed by atoms with Gasteiger partial charge >= 0.3 is 0 Å². The van der Waals surface area contributed by atoms with Gasteiger partial charge in [0.1, 0.15) is 9.96 Å². The third-order valence-electron chi connectivity index (χ3n) is 2.40. The maximum atomic E-state index is 12.1. The summed E-state index contributed by atoms with van der Waals surface area (Å²) >= 11 is 1.07. The minimum Gasteiger partial charge on any atom is -0.497 e. The van der Waals surface area contributed by atoms with Crippen LogP contribution in [0.25, 0.3) is 0 Å². The maximum Gasteiger partial charge on any atom is 0.271 e. The molecule has 0 unspecified atom stereocenters. The van der Waals surface area contributed by atoms with Crippen LogP contribution in [0.5, 0.6) is 5.75 Å². The molecular formula is C12H13NO4S2. The second-order valence-corrected chi connectivity index (χ2v) is 6.59. The predicted molar refractivity (Wildman–Crippen MR) is 74.0 cm³/mol. The van der Waals surface area contributed by atoms with Crippen molar-refractivity contribution in [2.45, 2.75) is 10.8 Å². The van der Waals surface area contributed by atoms with E-state index in [1.807, 2.05) is 0 Å². The molecule has 0 radical (unpaired) electrons. The van der Waals surface area contributed by atoms with Gasteiger partial charge in [0.15, 0.2) is 0 Å². The largest absolute Gasteiger partial charge is 0.497 e. The maximum absolute atomic E-state index is 12.1. The molecule has 0 aliphatic heterocycles. The van der Waals surface area contributed by atoms with E-state index in [0.29, 0.717) is 17.0 Å². The van der Waals surface area contributed by atoms with Crippen LogP contribution in [0.15, 0.2) is 39.9 Å². The van der Waals surface area contributed by atoms with Crippen LogP contribution in [0.2, 0.25) is 0 Å². The van der Waals surface area contributed by atoms with Crippen LogP contribution in [0.3, 0.4) is 0 Å². The first-order valence-corrected chi connectivity index (χ1v) is 7.76. The number of benzene rings is 1. The van der Waals surface area contributed by atoms with Gasteiger partial charge in [-0.05, 0) is 29.1 Å². The van der Waals surface area contributed by atoms with E-state index in [2.05, 4.69) is 4.72 Å². The minimum absolute atomic E-state index is 0.166. The van der Waals surface area contributed by atoms with Crippen molar-refractivity contribution in [1.82, 2.24) is 0 Å². The molecule has 0 aliphatic rings. The summed E-state index contributed by atoms with van der Waals surface area (Å²) in [6.45, 7) is -0.175. The Kier molecular flexibility index (Phi) is 4.08. The van der Waals surface area contributed by atoms with Crippen molar-refractivity contribution in [3.8, 4) is 5.75 Å². The zero-order valence-electron chi connectivity index (χ0n) is 10.2. The van der Waals surface area contributed by atoms with E-state index in [1.54, 1.807) is 29.6 Å². The average Bonchev–Trinajstić information content (AvgIpc) is 2.88. The van der Waals surface area contributed by atoms with Gasteiger partial charge in [-0.1, -0.05) is 6.07 Å². The van der Waals surface area contributed by atoms with E-state index in [-0.39, 0.29) is 10.8 Å². The van der Waals surface area contributed by atoms with E-state index in [1.165, 1.54) is 13.2 Å². The van der Waals surface area contributed by atoms with Crippen LogP contribution < -0.4 is 9.46 Å². The molecule has 1 aromatic heterocycles. The lowest BCUT2D eigenvalue weighted by atomic mass is 10.3. The van der Waals surface area contributed by atoms with Crippen LogP contribution in [0.1, 0.15) is 5.56 Å². The van der Waals surface area contributed by atoms with Crippen molar-refractivity contribution in [3.63, 3.8) is 0 Å². The average molecular weight is 299 g/mol. The molecule has 19 heavy (non-hydrogen) atoms. The first-order chi connectivity index (χ1) is 9.05. The molecule has 102 valence electrons. The third-order valence-corrected chi connectivity index (χ3v) is 5.27. The van der Waals surface area contributed by atoms with Crippen molar-refractivity contribution in [2.75, 3.05) is 11.8 Å². The molecule has 0 saturated carbocycles. The van der Waals surface area contributed by atoms with Gasteiger partial charge in [-0.2, -0.15) is 0 Å². The molecule has 2 N–H and O–H groups in total. The van der Waals surface area contributed by atoms with Crippen LogP contribution >= 0.6 is 11.3 Å². The van der Waals surface area contributed by atoms with E-state index >= 15 is 0 Å². The van der Waals surface area contributed by atoms with Crippen LogP contribution in [-0.2, 0) is 16.6 Å². The van der Waals surface area contributed by atoms with Gasteiger partial charge in [0, 0.05) is 6.07 Å². The van der Waals surface area contributed by atoms with E-state index in [9.17, 15) is 8.42 Å². The summed E-state index contributed by atoms with van der Waals surface area (Å²) in [6.07, 6.45) is 0.